The normalized spacial score (nSPS) is 27.4. The molecule has 0 aromatic carbocycles. The Morgan fingerprint density at radius 1 is 1.47 bits per heavy atom. The Labute approximate surface area is 104 Å². The maximum Gasteiger partial charge on any atom is 0.399 e. The molecule has 0 bridgehead atoms. The van der Waals surface area contributed by atoms with Crippen molar-refractivity contribution in [2.75, 3.05) is 14.2 Å². The van der Waals surface area contributed by atoms with E-state index in [1.807, 2.05) is 0 Å². The number of carbonyl (C=O) groups is 1. The number of carboxylic acid groups (broad SMARTS) is 1. The van der Waals surface area contributed by atoms with Gasteiger partial charge in [0.15, 0.2) is 0 Å². The number of rotatable bonds is 3. The first kappa shape index (κ1) is 16.4. The van der Waals surface area contributed by atoms with Crippen LogP contribution in [0.5, 0.6) is 0 Å². The molecule has 0 radical (unpaired) electrons. The molecule has 0 spiro atoms. The van der Waals surface area contributed by atoms with E-state index in [9.17, 15) is 13.2 Å². The van der Waals surface area contributed by atoms with Gasteiger partial charge in [0.25, 0.3) is 0 Å². The molecule has 0 aromatic heterocycles. The summed E-state index contributed by atoms with van der Waals surface area (Å²) in [6, 6.07) is 0. The topological polar surface area (TPSA) is 110 Å². The number of carboxylic acids is 1. The van der Waals surface area contributed by atoms with Gasteiger partial charge in [0.1, 0.15) is 0 Å². The van der Waals surface area contributed by atoms with Gasteiger partial charge in [0, 0.05) is 20.1 Å². The number of thioether (sulfide) groups is 1. The van der Waals surface area contributed by atoms with E-state index < -0.39 is 27.2 Å². The highest BCUT2D eigenvalue weighted by molar-refractivity contribution is 8.04. The standard InChI is InChI=1S/C6H8O6S2.C2H6O/c1-4-2-3-13-6(4,5(7)8)12-14(9,10)11;1-3-2/h2-4H,1H3,(H,7,8)(H,9,10,11);1-2H3. The lowest BCUT2D eigenvalue weighted by atomic mass is 10.1. The largest absolute Gasteiger partial charge is 0.478 e. The molecule has 1 aliphatic heterocycles. The van der Waals surface area contributed by atoms with E-state index in [0.717, 1.165) is 0 Å². The highest BCUT2D eigenvalue weighted by Crippen LogP contribution is 2.43. The van der Waals surface area contributed by atoms with Gasteiger partial charge < -0.3 is 9.84 Å². The highest BCUT2D eigenvalue weighted by Gasteiger charge is 2.50. The lowest BCUT2D eigenvalue weighted by molar-refractivity contribution is -0.149. The molecule has 0 aliphatic carbocycles. The molecule has 7 nitrogen and oxygen atoms in total. The molecule has 2 unspecified atom stereocenters. The summed E-state index contributed by atoms with van der Waals surface area (Å²) in [6.45, 7) is 1.48. The Morgan fingerprint density at radius 2 is 1.94 bits per heavy atom. The number of hydrogen-bond acceptors (Lipinski definition) is 6. The minimum Gasteiger partial charge on any atom is -0.478 e. The van der Waals surface area contributed by atoms with Gasteiger partial charge in [-0.2, -0.15) is 8.42 Å². The Balaban J connectivity index is 0.000000770. The molecule has 1 aliphatic rings. The minimum absolute atomic E-state index is 0.646. The smallest absolute Gasteiger partial charge is 0.399 e. The SMILES string of the molecule is CC1C=CSC1(OS(=O)(=O)O)C(=O)O.COC. The quantitative estimate of drug-likeness (QED) is 0.731. The first-order chi connectivity index (χ1) is 7.69. The number of aliphatic carboxylic acids is 1. The van der Waals surface area contributed by atoms with E-state index in [2.05, 4.69) is 8.92 Å². The fourth-order valence-corrected chi connectivity index (χ4v) is 2.89. The number of methoxy groups -OCH3 is 1. The van der Waals surface area contributed by atoms with E-state index >= 15 is 0 Å². The Bertz CT molecular complexity index is 389. The van der Waals surface area contributed by atoms with Crippen molar-refractivity contribution in [3.63, 3.8) is 0 Å². The molecule has 100 valence electrons. The van der Waals surface area contributed by atoms with Crippen LogP contribution in [0, 0.1) is 5.92 Å². The van der Waals surface area contributed by atoms with Crippen LogP contribution in [0.3, 0.4) is 0 Å². The van der Waals surface area contributed by atoms with E-state index in [4.69, 9.17) is 9.66 Å². The zero-order valence-electron chi connectivity index (χ0n) is 9.48. The van der Waals surface area contributed by atoms with Gasteiger partial charge in [-0.3, -0.25) is 4.55 Å². The first-order valence-electron chi connectivity index (χ1n) is 4.35. The number of hydrogen-bond donors (Lipinski definition) is 2. The van der Waals surface area contributed by atoms with Crippen molar-refractivity contribution in [1.29, 1.82) is 0 Å². The molecule has 9 heteroatoms. The molecule has 1 heterocycles. The van der Waals surface area contributed by atoms with Crippen LogP contribution >= 0.6 is 11.8 Å². The summed E-state index contributed by atoms with van der Waals surface area (Å²) in [7, 11) is -1.54. The van der Waals surface area contributed by atoms with Crippen molar-refractivity contribution in [3.05, 3.63) is 11.5 Å². The molecular weight excluding hydrogens is 272 g/mol. The summed E-state index contributed by atoms with van der Waals surface area (Å²) in [4.78, 5) is 8.87. The van der Waals surface area contributed by atoms with Crippen LogP contribution < -0.4 is 0 Å². The molecule has 17 heavy (non-hydrogen) atoms. The summed E-state index contributed by atoms with van der Waals surface area (Å²) in [5.74, 6) is -2.09. The second-order valence-electron chi connectivity index (χ2n) is 3.13. The van der Waals surface area contributed by atoms with Gasteiger partial charge in [-0.1, -0.05) is 24.8 Å². The average molecular weight is 286 g/mol. The molecule has 0 aromatic rings. The van der Waals surface area contributed by atoms with E-state index in [1.165, 1.54) is 18.4 Å². The molecule has 2 N–H and O–H groups in total. The fraction of sp³-hybridized carbons (Fsp3) is 0.625. The third-order valence-corrected chi connectivity index (χ3v) is 3.59. The lowest BCUT2D eigenvalue weighted by Crippen LogP contribution is -2.43. The summed E-state index contributed by atoms with van der Waals surface area (Å²) in [6.07, 6.45) is 1.49. The second kappa shape index (κ2) is 6.36. The molecule has 2 atom stereocenters. The van der Waals surface area contributed by atoms with E-state index in [1.54, 1.807) is 14.2 Å². The molecule has 0 saturated heterocycles. The molecule has 0 saturated carbocycles. The van der Waals surface area contributed by atoms with Crippen molar-refractivity contribution < 1.29 is 31.8 Å². The van der Waals surface area contributed by atoms with E-state index in [0.29, 0.717) is 11.8 Å². The number of ether oxygens (including phenoxy) is 1. The predicted molar refractivity (Wildman–Crippen MR) is 61.8 cm³/mol. The Kier molecular flexibility index (Phi) is 6.13. The van der Waals surface area contributed by atoms with Gasteiger partial charge in [0.2, 0.25) is 4.93 Å². The van der Waals surface area contributed by atoms with Crippen molar-refractivity contribution in [2.24, 2.45) is 5.92 Å². The lowest BCUT2D eigenvalue weighted by Gasteiger charge is -2.25. The monoisotopic (exact) mass is 286 g/mol. The van der Waals surface area contributed by atoms with Crippen molar-refractivity contribution in [3.8, 4) is 0 Å². The van der Waals surface area contributed by atoms with Crippen LogP contribution in [0.1, 0.15) is 6.92 Å². The van der Waals surface area contributed by atoms with Crippen LogP contribution in [-0.4, -0.2) is 43.2 Å². The summed E-state index contributed by atoms with van der Waals surface area (Å²) < 4.78 is 37.8. The predicted octanol–water partition coefficient (Wildman–Crippen LogP) is 0.746. The maximum absolute atomic E-state index is 10.9. The van der Waals surface area contributed by atoms with Gasteiger partial charge in [-0.05, 0) is 5.41 Å². The summed E-state index contributed by atoms with van der Waals surface area (Å²) in [5.41, 5.74) is 0. The van der Waals surface area contributed by atoms with Gasteiger partial charge in [-0.15, -0.1) is 0 Å². The van der Waals surface area contributed by atoms with E-state index in [-0.39, 0.29) is 0 Å². The van der Waals surface area contributed by atoms with Crippen LogP contribution in [-0.2, 0) is 24.1 Å². The zero-order chi connectivity index (χ0) is 13.7. The molecular formula is C8H14O7S2. The van der Waals surface area contributed by atoms with Gasteiger partial charge in [0.05, 0.1) is 0 Å². The first-order valence-corrected chi connectivity index (χ1v) is 6.60. The van der Waals surface area contributed by atoms with Crippen LogP contribution in [0.15, 0.2) is 11.5 Å². The highest BCUT2D eigenvalue weighted by atomic mass is 32.3. The second-order valence-corrected chi connectivity index (χ2v) is 5.26. The zero-order valence-corrected chi connectivity index (χ0v) is 11.1. The van der Waals surface area contributed by atoms with Crippen LogP contribution in [0.4, 0.5) is 0 Å². The van der Waals surface area contributed by atoms with Crippen LogP contribution in [0.25, 0.3) is 0 Å². The van der Waals surface area contributed by atoms with Gasteiger partial charge in [-0.25, -0.2) is 8.98 Å². The van der Waals surface area contributed by atoms with Crippen LogP contribution in [0.2, 0.25) is 0 Å². The average Bonchev–Trinajstić information content (AvgIpc) is 2.47. The fourth-order valence-electron chi connectivity index (χ4n) is 1.03. The third kappa shape index (κ3) is 4.64. The summed E-state index contributed by atoms with van der Waals surface area (Å²) in [5, 5.41) is 10.3. The molecule has 1 rings (SSSR count). The minimum atomic E-state index is -4.79. The van der Waals surface area contributed by atoms with Crippen molar-refractivity contribution >= 4 is 28.1 Å². The summed E-state index contributed by atoms with van der Waals surface area (Å²) >= 11 is 0.691. The Morgan fingerprint density at radius 3 is 2.18 bits per heavy atom. The molecule has 0 amide bonds. The van der Waals surface area contributed by atoms with Crippen molar-refractivity contribution in [2.45, 2.75) is 11.9 Å². The van der Waals surface area contributed by atoms with Gasteiger partial charge >= 0.3 is 16.4 Å². The Hall–Kier alpha value is -0.610. The molecule has 0 fully saturated rings. The van der Waals surface area contributed by atoms with Crippen molar-refractivity contribution in [1.82, 2.24) is 0 Å². The maximum atomic E-state index is 10.9. The third-order valence-electron chi connectivity index (χ3n) is 1.74.